The van der Waals surface area contributed by atoms with Crippen LogP contribution in [-0.2, 0) is 0 Å². The molecule has 1 unspecified atom stereocenters. The lowest BCUT2D eigenvalue weighted by Crippen LogP contribution is -2.35. The van der Waals surface area contributed by atoms with Crippen molar-refractivity contribution in [3.8, 4) is 0 Å². The van der Waals surface area contributed by atoms with E-state index in [-0.39, 0.29) is 17.3 Å². The van der Waals surface area contributed by atoms with E-state index >= 15 is 0 Å². The van der Waals surface area contributed by atoms with Crippen molar-refractivity contribution in [1.82, 2.24) is 5.32 Å². The second kappa shape index (κ2) is 7.82. The summed E-state index contributed by atoms with van der Waals surface area (Å²) in [6.07, 6.45) is 4.73. The molecular formula is C15H22F2N2O. The number of nitrogen functional groups attached to an aromatic ring is 1. The van der Waals surface area contributed by atoms with E-state index in [1.807, 2.05) is 6.92 Å². The predicted octanol–water partition coefficient (Wildman–Crippen LogP) is 3.64. The lowest BCUT2D eigenvalue weighted by Gasteiger charge is -2.18. The van der Waals surface area contributed by atoms with Gasteiger partial charge in [-0.2, -0.15) is 0 Å². The van der Waals surface area contributed by atoms with Gasteiger partial charge in [0.15, 0.2) is 11.6 Å². The van der Waals surface area contributed by atoms with E-state index < -0.39 is 17.5 Å². The molecular weight excluding hydrogens is 262 g/mol. The molecule has 3 N–H and O–H groups in total. The third-order valence-electron chi connectivity index (χ3n) is 3.22. The number of hydrogen-bond acceptors (Lipinski definition) is 2. The second-order valence-electron chi connectivity index (χ2n) is 4.95. The van der Waals surface area contributed by atoms with Crippen LogP contribution in [0.25, 0.3) is 0 Å². The second-order valence-corrected chi connectivity index (χ2v) is 4.95. The van der Waals surface area contributed by atoms with E-state index in [0.29, 0.717) is 0 Å². The number of nitrogens with one attached hydrogen (secondary N) is 1. The first-order valence-electron chi connectivity index (χ1n) is 7.04. The highest BCUT2D eigenvalue weighted by molar-refractivity contribution is 5.99. The van der Waals surface area contributed by atoms with Gasteiger partial charge in [-0.3, -0.25) is 4.79 Å². The van der Waals surface area contributed by atoms with Gasteiger partial charge in [-0.05, 0) is 18.9 Å². The number of nitrogens with two attached hydrogens (primary N) is 1. The van der Waals surface area contributed by atoms with Crippen molar-refractivity contribution >= 4 is 11.6 Å². The monoisotopic (exact) mass is 284 g/mol. The largest absolute Gasteiger partial charge is 0.398 e. The van der Waals surface area contributed by atoms with Gasteiger partial charge in [0.25, 0.3) is 5.91 Å². The zero-order valence-corrected chi connectivity index (χ0v) is 12.0. The number of carbonyl (C=O) groups excluding carboxylic acids is 1. The summed E-state index contributed by atoms with van der Waals surface area (Å²) in [6.45, 7) is 4.12. The van der Waals surface area contributed by atoms with Gasteiger partial charge in [-0.15, -0.1) is 0 Å². The van der Waals surface area contributed by atoms with Crippen molar-refractivity contribution in [2.24, 2.45) is 0 Å². The summed E-state index contributed by atoms with van der Waals surface area (Å²) in [7, 11) is 0. The Hall–Kier alpha value is -1.65. The molecule has 1 atom stereocenters. The van der Waals surface area contributed by atoms with Crippen LogP contribution in [0.1, 0.15) is 56.3 Å². The van der Waals surface area contributed by atoms with Crippen LogP contribution in [0.2, 0.25) is 0 Å². The van der Waals surface area contributed by atoms with Gasteiger partial charge in [0.05, 0.1) is 5.56 Å². The number of carbonyl (C=O) groups is 1. The highest BCUT2D eigenvalue weighted by Gasteiger charge is 2.17. The van der Waals surface area contributed by atoms with Crippen molar-refractivity contribution in [2.45, 2.75) is 52.0 Å². The summed E-state index contributed by atoms with van der Waals surface area (Å²) in [5.74, 6) is -2.56. The van der Waals surface area contributed by atoms with Gasteiger partial charge in [-0.25, -0.2) is 8.78 Å². The molecule has 0 saturated heterocycles. The van der Waals surface area contributed by atoms with E-state index in [4.69, 9.17) is 5.73 Å². The Morgan fingerprint density at radius 3 is 2.45 bits per heavy atom. The van der Waals surface area contributed by atoms with Crippen molar-refractivity contribution in [3.05, 3.63) is 29.3 Å². The van der Waals surface area contributed by atoms with Gasteiger partial charge in [0.2, 0.25) is 0 Å². The van der Waals surface area contributed by atoms with E-state index in [0.717, 1.165) is 44.2 Å². The number of rotatable bonds is 7. The number of benzene rings is 1. The van der Waals surface area contributed by atoms with Crippen LogP contribution >= 0.6 is 0 Å². The zero-order valence-electron chi connectivity index (χ0n) is 12.0. The molecule has 112 valence electrons. The molecule has 0 fully saturated rings. The Labute approximate surface area is 118 Å². The highest BCUT2D eigenvalue weighted by Crippen LogP contribution is 2.18. The van der Waals surface area contributed by atoms with Crippen molar-refractivity contribution in [3.63, 3.8) is 0 Å². The summed E-state index contributed by atoms with van der Waals surface area (Å²) >= 11 is 0. The Kier molecular flexibility index (Phi) is 6.42. The summed E-state index contributed by atoms with van der Waals surface area (Å²) in [5, 5.41) is 2.85. The Morgan fingerprint density at radius 1 is 1.20 bits per heavy atom. The lowest BCUT2D eigenvalue weighted by molar-refractivity contribution is 0.0932. The topological polar surface area (TPSA) is 55.1 Å². The quantitative estimate of drug-likeness (QED) is 0.751. The molecule has 0 heterocycles. The fourth-order valence-electron chi connectivity index (χ4n) is 2.11. The Balaban J connectivity index is 2.80. The van der Waals surface area contributed by atoms with Crippen LogP contribution in [0.3, 0.4) is 0 Å². The molecule has 0 radical (unpaired) electrons. The van der Waals surface area contributed by atoms with E-state index in [9.17, 15) is 13.6 Å². The van der Waals surface area contributed by atoms with Crippen LogP contribution in [0.15, 0.2) is 12.1 Å². The summed E-state index contributed by atoms with van der Waals surface area (Å²) < 4.78 is 26.2. The normalized spacial score (nSPS) is 12.2. The van der Waals surface area contributed by atoms with Gasteiger partial charge < -0.3 is 11.1 Å². The average molecular weight is 284 g/mol. The van der Waals surface area contributed by atoms with Gasteiger partial charge in [-0.1, -0.05) is 33.1 Å². The molecule has 1 aromatic carbocycles. The van der Waals surface area contributed by atoms with Gasteiger partial charge in [0, 0.05) is 17.8 Å². The molecule has 20 heavy (non-hydrogen) atoms. The molecule has 0 saturated carbocycles. The van der Waals surface area contributed by atoms with Gasteiger partial charge in [0.1, 0.15) is 0 Å². The smallest absolute Gasteiger partial charge is 0.253 e. The fourth-order valence-corrected chi connectivity index (χ4v) is 2.11. The molecule has 0 aliphatic rings. The van der Waals surface area contributed by atoms with E-state index in [2.05, 4.69) is 12.2 Å². The van der Waals surface area contributed by atoms with E-state index in [1.165, 1.54) is 0 Å². The molecule has 3 nitrogen and oxygen atoms in total. The summed E-state index contributed by atoms with van der Waals surface area (Å²) in [5.41, 5.74) is 5.51. The van der Waals surface area contributed by atoms with Crippen LogP contribution in [0.4, 0.5) is 14.5 Å². The molecule has 1 rings (SSSR count). The van der Waals surface area contributed by atoms with Crippen LogP contribution < -0.4 is 11.1 Å². The molecule has 0 aliphatic carbocycles. The molecule has 0 spiro atoms. The van der Waals surface area contributed by atoms with Crippen LogP contribution in [0, 0.1) is 11.6 Å². The number of unbranched alkanes of at least 4 members (excludes halogenated alkanes) is 1. The molecule has 0 bridgehead atoms. The number of halogens is 2. The standard InChI is InChI=1S/C15H22F2N2O/c1-3-5-7-10(6-4-2)19-15(20)11-8-12(16)13(17)9-14(11)18/h8-10H,3-7,18H2,1-2H3,(H,19,20). The molecule has 1 aromatic rings. The average Bonchev–Trinajstić information content (AvgIpc) is 2.40. The SMILES string of the molecule is CCCCC(CCC)NC(=O)c1cc(F)c(F)cc1N. The predicted molar refractivity (Wildman–Crippen MR) is 76.5 cm³/mol. The maximum absolute atomic E-state index is 13.2. The molecule has 0 aromatic heterocycles. The number of amides is 1. The summed E-state index contributed by atoms with van der Waals surface area (Å²) in [4.78, 5) is 12.1. The van der Waals surface area contributed by atoms with Crippen molar-refractivity contribution in [2.75, 3.05) is 5.73 Å². The maximum atomic E-state index is 13.2. The third-order valence-corrected chi connectivity index (χ3v) is 3.22. The lowest BCUT2D eigenvalue weighted by atomic mass is 10.0. The molecule has 0 aliphatic heterocycles. The maximum Gasteiger partial charge on any atom is 0.253 e. The minimum atomic E-state index is -1.06. The number of hydrogen-bond donors (Lipinski definition) is 2. The zero-order chi connectivity index (χ0) is 15.1. The minimum absolute atomic E-state index is 0.0125. The van der Waals surface area contributed by atoms with Crippen LogP contribution in [0.5, 0.6) is 0 Å². The Bertz CT molecular complexity index is 463. The molecule has 5 heteroatoms. The molecule has 1 amide bonds. The van der Waals surface area contributed by atoms with Crippen LogP contribution in [-0.4, -0.2) is 11.9 Å². The summed E-state index contributed by atoms with van der Waals surface area (Å²) in [6, 6.07) is 1.73. The minimum Gasteiger partial charge on any atom is -0.398 e. The van der Waals surface area contributed by atoms with Crippen molar-refractivity contribution in [1.29, 1.82) is 0 Å². The van der Waals surface area contributed by atoms with Gasteiger partial charge >= 0.3 is 0 Å². The number of anilines is 1. The fraction of sp³-hybridized carbons (Fsp3) is 0.533. The first kappa shape index (κ1) is 16.4. The third kappa shape index (κ3) is 4.47. The first-order valence-corrected chi connectivity index (χ1v) is 7.04. The van der Waals surface area contributed by atoms with Crippen molar-refractivity contribution < 1.29 is 13.6 Å². The Morgan fingerprint density at radius 2 is 1.85 bits per heavy atom. The first-order chi connectivity index (χ1) is 9.49. The van der Waals surface area contributed by atoms with E-state index in [1.54, 1.807) is 0 Å². The highest BCUT2D eigenvalue weighted by atomic mass is 19.2.